The van der Waals surface area contributed by atoms with Crippen LogP contribution < -0.4 is 5.73 Å². The van der Waals surface area contributed by atoms with Gasteiger partial charge in [-0.3, -0.25) is 0 Å². The van der Waals surface area contributed by atoms with E-state index in [2.05, 4.69) is 55.2 Å². The molecule has 1 rings (SSSR count). The lowest BCUT2D eigenvalue weighted by Crippen LogP contribution is -2.39. The Hall–Kier alpha value is -0.900. The highest BCUT2D eigenvalue weighted by Gasteiger charge is 2.07. The van der Waals surface area contributed by atoms with Crippen molar-refractivity contribution in [3.05, 3.63) is 35.9 Å². The lowest BCUT2D eigenvalue weighted by Gasteiger charge is -2.22. The van der Waals surface area contributed by atoms with Gasteiger partial charge in [-0.15, -0.1) is 0 Å². The van der Waals surface area contributed by atoms with Crippen molar-refractivity contribution in [3.63, 3.8) is 0 Å². The van der Waals surface area contributed by atoms with Gasteiger partial charge >= 0.3 is 0 Å². The Morgan fingerprint density at radius 1 is 1.06 bits per heavy atom. The highest BCUT2D eigenvalue weighted by Crippen LogP contribution is 2.02. The molecular weight excluding hydrogens is 210 g/mol. The van der Waals surface area contributed by atoms with Gasteiger partial charge in [0.2, 0.25) is 0 Å². The van der Waals surface area contributed by atoms with Gasteiger partial charge in [0, 0.05) is 25.7 Å². The topological polar surface area (TPSA) is 32.5 Å². The van der Waals surface area contributed by atoms with Crippen molar-refractivity contribution in [1.29, 1.82) is 0 Å². The number of hydrogen-bond donors (Lipinski definition) is 1. The predicted molar refractivity (Wildman–Crippen MR) is 74.2 cm³/mol. The molecule has 0 saturated carbocycles. The number of nitrogens with two attached hydrogens (primary N) is 1. The molecule has 17 heavy (non-hydrogen) atoms. The van der Waals surface area contributed by atoms with Crippen molar-refractivity contribution >= 4 is 0 Å². The summed E-state index contributed by atoms with van der Waals surface area (Å²) < 4.78 is 0. The van der Waals surface area contributed by atoms with Gasteiger partial charge in [0.05, 0.1) is 0 Å². The van der Waals surface area contributed by atoms with Crippen LogP contribution in [0.5, 0.6) is 0 Å². The number of hydrogen-bond acceptors (Lipinski definition) is 3. The standard InChI is InChI=1S/C14H25N3/c1-16(2)9-10-17(3)12-14(15)11-13-7-5-4-6-8-13/h4-8,14H,9-12,15H2,1-3H3/t14-/m0/s1. The molecule has 0 aromatic heterocycles. The first-order chi connectivity index (χ1) is 8.08. The van der Waals surface area contributed by atoms with Crippen LogP contribution in [-0.4, -0.2) is 56.6 Å². The quantitative estimate of drug-likeness (QED) is 0.767. The summed E-state index contributed by atoms with van der Waals surface area (Å²) in [5.74, 6) is 0. The average Bonchev–Trinajstić information content (AvgIpc) is 2.27. The number of nitrogens with zero attached hydrogens (tertiary/aromatic N) is 2. The van der Waals surface area contributed by atoms with Crippen LogP contribution in [0.3, 0.4) is 0 Å². The number of rotatable bonds is 7. The largest absolute Gasteiger partial charge is 0.326 e. The van der Waals surface area contributed by atoms with Gasteiger partial charge in [0.25, 0.3) is 0 Å². The normalized spacial score (nSPS) is 13.3. The monoisotopic (exact) mass is 235 g/mol. The molecule has 0 amide bonds. The molecule has 0 aliphatic carbocycles. The lowest BCUT2D eigenvalue weighted by molar-refractivity contribution is 0.268. The maximum absolute atomic E-state index is 6.16. The van der Waals surface area contributed by atoms with Crippen LogP contribution in [0.15, 0.2) is 30.3 Å². The molecule has 0 aliphatic rings. The first-order valence-corrected chi connectivity index (χ1v) is 6.20. The molecule has 3 heteroatoms. The maximum atomic E-state index is 6.16. The van der Waals surface area contributed by atoms with Gasteiger partial charge in [0.1, 0.15) is 0 Å². The van der Waals surface area contributed by atoms with E-state index in [4.69, 9.17) is 5.73 Å². The molecular formula is C14H25N3. The fourth-order valence-electron chi connectivity index (χ4n) is 1.84. The van der Waals surface area contributed by atoms with E-state index in [0.29, 0.717) is 0 Å². The summed E-state index contributed by atoms with van der Waals surface area (Å²) in [4.78, 5) is 4.49. The van der Waals surface area contributed by atoms with Crippen LogP contribution in [0, 0.1) is 0 Å². The Morgan fingerprint density at radius 3 is 2.29 bits per heavy atom. The van der Waals surface area contributed by atoms with Crippen LogP contribution in [0.4, 0.5) is 0 Å². The van der Waals surface area contributed by atoms with Crippen molar-refractivity contribution in [2.24, 2.45) is 5.73 Å². The summed E-state index contributed by atoms with van der Waals surface area (Å²) in [7, 11) is 6.32. The Kier molecular flexibility index (Phi) is 6.19. The Bertz CT molecular complexity index is 298. The van der Waals surface area contributed by atoms with Crippen LogP contribution in [0.25, 0.3) is 0 Å². The zero-order chi connectivity index (χ0) is 12.7. The Labute approximate surface area is 105 Å². The van der Waals surface area contributed by atoms with Crippen molar-refractivity contribution in [1.82, 2.24) is 9.80 Å². The van der Waals surface area contributed by atoms with E-state index >= 15 is 0 Å². The third-order valence-corrected chi connectivity index (χ3v) is 2.82. The molecule has 1 aromatic rings. The van der Waals surface area contributed by atoms with Gasteiger partial charge in [-0.2, -0.15) is 0 Å². The summed E-state index contributed by atoms with van der Waals surface area (Å²) in [6.07, 6.45) is 0.952. The fraction of sp³-hybridized carbons (Fsp3) is 0.571. The van der Waals surface area contributed by atoms with Crippen LogP contribution in [0.2, 0.25) is 0 Å². The minimum absolute atomic E-state index is 0.213. The summed E-state index contributed by atoms with van der Waals surface area (Å²) >= 11 is 0. The zero-order valence-corrected chi connectivity index (χ0v) is 11.3. The molecule has 0 fully saturated rings. The number of benzene rings is 1. The van der Waals surface area contributed by atoms with E-state index in [1.807, 2.05) is 6.07 Å². The molecule has 0 unspecified atom stereocenters. The lowest BCUT2D eigenvalue weighted by atomic mass is 10.1. The van der Waals surface area contributed by atoms with E-state index in [1.54, 1.807) is 0 Å². The summed E-state index contributed by atoms with van der Waals surface area (Å²) in [6.45, 7) is 3.09. The SMILES string of the molecule is CN(C)CCN(C)C[C@@H](N)Cc1ccccc1. The first-order valence-electron chi connectivity index (χ1n) is 6.20. The van der Waals surface area contributed by atoms with Gasteiger partial charge in [-0.25, -0.2) is 0 Å². The highest BCUT2D eigenvalue weighted by molar-refractivity contribution is 5.15. The molecule has 2 N–H and O–H groups in total. The van der Waals surface area contributed by atoms with Crippen LogP contribution >= 0.6 is 0 Å². The van der Waals surface area contributed by atoms with Gasteiger partial charge < -0.3 is 15.5 Å². The Balaban J connectivity index is 2.27. The zero-order valence-electron chi connectivity index (χ0n) is 11.3. The summed E-state index contributed by atoms with van der Waals surface area (Å²) in [5, 5.41) is 0. The van der Waals surface area contributed by atoms with Crippen molar-refractivity contribution < 1.29 is 0 Å². The smallest absolute Gasteiger partial charge is 0.0208 e. The van der Waals surface area contributed by atoms with Gasteiger partial charge in [-0.05, 0) is 33.1 Å². The molecule has 3 nitrogen and oxygen atoms in total. The second-order valence-corrected chi connectivity index (χ2v) is 5.02. The molecule has 0 saturated heterocycles. The van der Waals surface area contributed by atoms with Crippen LogP contribution in [-0.2, 0) is 6.42 Å². The highest BCUT2D eigenvalue weighted by atomic mass is 15.2. The first kappa shape index (κ1) is 14.2. The second kappa shape index (κ2) is 7.43. The fourth-order valence-corrected chi connectivity index (χ4v) is 1.84. The second-order valence-electron chi connectivity index (χ2n) is 5.02. The van der Waals surface area contributed by atoms with Crippen LogP contribution in [0.1, 0.15) is 5.56 Å². The summed E-state index contributed by atoms with van der Waals surface area (Å²) in [5.41, 5.74) is 7.48. The molecule has 0 spiro atoms. The third kappa shape index (κ3) is 6.41. The van der Waals surface area contributed by atoms with Crippen molar-refractivity contribution in [2.45, 2.75) is 12.5 Å². The molecule has 96 valence electrons. The summed E-state index contributed by atoms with van der Waals surface area (Å²) in [6, 6.07) is 10.7. The molecule has 1 aromatic carbocycles. The van der Waals surface area contributed by atoms with E-state index in [0.717, 1.165) is 26.1 Å². The average molecular weight is 235 g/mol. The molecule has 0 radical (unpaired) electrons. The predicted octanol–water partition coefficient (Wildman–Crippen LogP) is 1.05. The Morgan fingerprint density at radius 2 is 1.71 bits per heavy atom. The van der Waals surface area contributed by atoms with Gasteiger partial charge in [-0.1, -0.05) is 30.3 Å². The minimum atomic E-state index is 0.213. The van der Waals surface area contributed by atoms with E-state index in [9.17, 15) is 0 Å². The molecule has 0 bridgehead atoms. The molecule has 0 heterocycles. The van der Waals surface area contributed by atoms with Gasteiger partial charge in [0.15, 0.2) is 0 Å². The maximum Gasteiger partial charge on any atom is 0.0208 e. The van der Waals surface area contributed by atoms with Crippen molar-refractivity contribution in [2.75, 3.05) is 40.8 Å². The third-order valence-electron chi connectivity index (χ3n) is 2.82. The molecule has 0 aliphatic heterocycles. The van der Waals surface area contributed by atoms with E-state index in [1.165, 1.54) is 5.56 Å². The number of likely N-dealkylation sites (N-methyl/N-ethyl adjacent to an activating group) is 2. The van der Waals surface area contributed by atoms with E-state index < -0.39 is 0 Å². The van der Waals surface area contributed by atoms with Crippen molar-refractivity contribution in [3.8, 4) is 0 Å². The van der Waals surface area contributed by atoms with E-state index in [-0.39, 0.29) is 6.04 Å². The minimum Gasteiger partial charge on any atom is -0.326 e. The molecule has 1 atom stereocenters.